The molecule has 1 aromatic rings. The maximum atomic E-state index is 11.4. The van der Waals surface area contributed by atoms with Gasteiger partial charge in [-0.2, -0.15) is 0 Å². The Balaban J connectivity index is 1.77. The molecule has 92 valence electrons. The van der Waals surface area contributed by atoms with Crippen LogP contribution >= 0.6 is 11.6 Å². The maximum absolute atomic E-state index is 11.4. The summed E-state index contributed by atoms with van der Waals surface area (Å²) in [6.07, 6.45) is 1.76. The molecule has 17 heavy (non-hydrogen) atoms. The third-order valence-electron chi connectivity index (χ3n) is 2.37. The Morgan fingerprint density at radius 3 is 2.65 bits per heavy atom. The van der Waals surface area contributed by atoms with Crippen LogP contribution in [0.3, 0.4) is 0 Å². The zero-order valence-electron chi connectivity index (χ0n) is 9.57. The van der Waals surface area contributed by atoms with E-state index in [1.165, 1.54) is 0 Å². The van der Waals surface area contributed by atoms with Gasteiger partial charge in [-0.05, 0) is 44.0 Å². The van der Waals surface area contributed by atoms with Crippen molar-refractivity contribution in [3.05, 3.63) is 29.3 Å². The largest absolute Gasteiger partial charge is 0.471 e. The second kappa shape index (κ2) is 5.27. The van der Waals surface area contributed by atoms with E-state index in [0.717, 1.165) is 12.8 Å². The van der Waals surface area contributed by atoms with Gasteiger partial charge in [0.05, 0.1) is 0 Å². The summed E-state index contributed by atoms with van der Waals surface area (Å²) in [4.78, 5) is 11.4. The first-order chi connectivity index (χ1) is 8.13. The molecule has 1 aromatic carbocycles. The normalized spacial score (nSPS) is 16.1. The van der Waals surface area contributed by atoms with Gasteiger partial charge in [0.2, 0.25) is 0 Å². The molecule has 2 rings (SSSR count). The predicted molar refractivity (Wildman–Crippen MR) is 66.2 cm³/mol. The molecular weight excluding hydrogens is 240 g/mol. The molecule has 0 heterocycles. The SMILES string of the molecule is CC(NC(=O)NC1CC1)Oc1ccc(Cl)cc1. The summed E-state index contributed by atoms with van der Waals surface area (Å²) in [6.45, 7) is 1.78. The van der Waals surface area contributed by atoms with Gasteiger partial charge in [0, 0.05) is 11.1 Å². The molecule has 0 saturated heterocycles. The van der Waals surface area contributed by atoms with Crippen LogP contribution in [0.5, 0.6) is 5.75 Å². The highest BCUT2D eigenvalue weighted by Gasteiger charge is 2.23. The number of hydrogen-bond acceptors (Lipinski definition) is 2. The zero-order chi connectivity index (χ0) is 12.3. The van der Waals surface area contributed by atoms with E-state index in [2.05, 4.69) is 10.6 Å². The average molecular weight is 255 g/mol. The molecule has 5 heteroatoms. The number of ether oxygens (including phenoxy) is 1. The molecule has 0 aromatic heterocycles. The van der Waals surface area contributed by atoms with Gasteiger partial charge >= 0.3 is 6.03 Å². The van der Waals surface area contributed by atoms with Gasteiger partial charge in [-0.15, -0.1) is 0 Å². The van der Waals surface area contributed by atoms with Crippen molar-refractivity contribution in [1.82, 2.24) is 10.6 Å². The van der Waals surface area contributed by atoms with E-state index >= 15 is 0 Å². The molecular formula is C12H15ClN2O2. The number of carbonyl (C=O) groups excluding carboxylic acids is 1. The third kappa shape index (κ3) is 4.15. The minimum atomic E-state index is -0.380. The van der Waals surface area contributed by atoms with Crippen molar-refractivity contribution >= 4 is 17.6 Å². The summed E-state index contributed by atoms with van der Waals surface area (Å²) >= 11 is 5.76. The highest BCUT2D eigenvalue weighted by Crippen LogP contribution is 2.18. The molecule has 0 radical (unpaired) electrons. The number of halogens is 1. The fourth-order valence-electron chi connectivity index (χ4n) is 1.39. The molecule has 1 atom stereocenters. The molecule has 2 N–H and O–H groups in total. The minimum Gasteiger partial charge on any atom is -0.471 e. The first-order valence-corrected chi connectivity index (χ1v) is 6.00. The van der Waals surface area contributed by atoms with Crippen molar-refractivity contribution in [1.29, 1.82) is 0 Å². The first-order valence-electron chi connectivity index (χ1n) is 5.63. The number of rotatable bonds is 4. The molecule has 0 aliphatic heterocycles. The van der Waals surface area contributed by atoms with Crippen LogP contribution in [-0.2, 0) is 0 Å². The number of amides is 2. The summed E-state index contributed by atoms with van der Waals surface area (Å²) < 4.78 is 5.51. The standard InChI is InChI=1S/C12H15ClN2O2/c1-8(14-12(16)15-10-4-5-10)17-11-6-2-9(13)3-7-11/h2-3,6-8,10H,4-5H2,1H3,(H2,14,15,16). The van der Waals surface area contributed by atoms with Gasteiger partial charge < -0.3 is 15.4 Å². The van der Waals surface area contributed by atoms with Crippen molar-refractivity contribution in [2.45, 2.75) is 32.0 Å². The second-order valence-electron chi connectivity index (χ2n) is 4.11. The summed E-state index contributed by atoms with van der Waals surface area (Å²) in [5, 5.41) is 6.19. The van der Waals surface area contributed by atoms with Crippen molar-refractivity contribution in [3.63, 3.8) is 0 Å². The zero-order valence-corrected chi connectivity index (χ0v) is 10.3. The second-order valence-corrected chi connectivity index (χ2v) is 4.54. The van der Waals surface area contributed by atoms with E-state index in [-0.39, 0.29) is 12.3 Å². The Morgan fingerprint density at radius 1 is 1.41 bits per heavy atom. The van der Waals surface area contributed by atoms with Gasteiger partial charge in [-0.25, -0.2) is 4.79 Å². The first kappa shape index (κ1) is 12.0. The molecule has 1 saturated carbocycles. The van der Waals surface area contributed by atoms with E-state index in [0.29, 0.717) is 16.8 Å². The third-order valence-corrected chi connectivity index (χ3v) is 2.63. The van der Waals surface area contributed by atoms with Gasteiger partial charge in [-0.1, -0.05) is 11.6 Å². The van der Waals surface area contributed by atoms with E-state index in [9.17, 15) is 4.79 Å². The Kier molecular flexibility index (Phi) is 3.74. The van der Waals surface area contributed by atoms with E-state index < -0.39 is 0 Å². The molecule has 0 spiro atoms. The molecule has 4 nitrogen and oxygen atoms in total. The monoisotopic (exact) mass is 254 g/mol. The van der Waals surface area contributed by atoms with Crippen LogP contribution in [0, 0.1) is 0 Å². The minimum absolute atomic E-state index is 0.186. The average Bonchev–Trinajstić information content (AvgIpc) is 3.05. The van der Waals surface area contributed by atoms with Crippen molar-refractivity contribution in [3.8, 4) is 5.75 Å². The summed E-state index contributed by atoms with van der Waals surface area (Å²) in [5.41, 5.74) is 0. The van der Waals surface area contributed by atoms with Crippen LogP contribution in [0.2, 0.25) is 5.02 Å². The molecule has 1 unspecified atom stereocenters. The highest BCUT2D eigenvalue weighted by atomic mass is 35.5. The van der Waals surface area contributed by atoms with Gasteiger partial charge in [0.15, 0.2) is 6.23 Å². The maximum Gasteiger partial charge on any atom is 0.317 e. The topological polar surface area (TPSA) is 50.4 Å². The van der Waals surface area contributed by atoms with Crippen molar-refractivity contribution < 1.29 is 9.53 Å². The lowest BCUT2D eigenvalue weighted by atomic mass is 10.3. The number of hydrogen-bond donors (Lipinski definition) is 2. The smallest absolute Gasteiger partial charge is 0.317 e. The quantitative estimate of drug-likeness (QED) is 0.812. The fourth-order valence-corrected chi connectivity index (χ4v) is 1.51. The summed E-state index contributed by atoms with van der Waals surface area (Å²) in [7, 11) is 0. The van der Waals surface area contributed by atoms with Crippen molar-refractivity contribution in [2.75, 3.05) is 0 Å². The Bertz CT molecular complexity index is 390. The van der Waals surface area contributed by atoms with Crippen LogP contribution in [-0.4, -0.2) is 18.3 Å². The Labute approximate surface area is 105 Å². The molecule has 1 aliphatic carbocycles. The Morgan fingerprint density at radius 2 is 2.06 bits per heavy atom. The van der Waals surface area contributed by atoms with Gasteiger partial charge in [0.25, 0.3) is 0 Å². The number of urea groups is 1. The van der Waals surface area contributed by atoms with E-state index in [1.807, 2.05) is 0 Å². The lowest BCUT2D eigenvalue weighted by Crippen LogP contribution is -2.44. The molecule has 1 aliphatic rings. The molecule has 2 amide bonds. The van der Waals surface area contributed by atoms with Crippen LogP contribution in [0.1, 0.15) is 19.8 Å². The Hall–Kier alpha value is -1.42. The molecule has 0 bridgehead atoms. The van der Waals surface area contributed by atoms with Crippen LogP contribution in [0.15, 0.2) is 24.3 Å². The number of carbonyl (C=O) groups is 1. The summed E-state index contributed by atoms with van der Waals surface area (Å²) in [5.74, 6) is 0.675. The predicted octanol–water partition coefficient (Wildman–Crippen LogP) is 2.53. The van der Waals surface area contributed by atoms with Crippen LogP contribution in [0.25, 0.3) is 0 Å². The van der Waals surface area contributed by atoms with E-state index in [4.69, 9.17) is 16.3 Å². The van der Waals surface area contributed by atoms with E-state index in [1.54, 1.807) is 31.2 Å². The highest BCUT2D eigenvalue weighted by molar-refractivity contribution is 6.30. The van der Waals surface area contributed by atoms with Gasteiger partial charge in [0.1, 0.15) is 5.75 Å². The fraction of sp³-hybridized carbons (Fsp3) is 0.417. The lowest BCUT2D eigenvalue weighted by Gasteiger charge is -2.16. The number of benzene rings is 1. The van der Waals surface area contributed by atoms with Gasteiger partial charge in [-0.3, -0.25) is 0 Å². The van der Waals surface area contributed by atoms with Crippen LogP contribution in [0.4, 0.5) is 4.79 Å². The van der Waals surface area contributed by atoms with Crippen molar-refractivity contribution in [2.24, 2.45) is 0 Å². The summed E-state index contributed by atoms with van der Waals surface area (Å²) in [6, 6.07) is 7.17. The van der Waals surface area contributed by atoms with Crippen LogP contribution < -0.4 is 15.4 Å². The number of nitrogens with one attached hydrogen (secondary N) is 2. The lowest BCUT2D eigenvalue weighted by molar-refractivity contribution is 0.177. The molecule has 1 fully saturated rings.